The van der Waals surface area contributed by atoms with Gasteiger partial charge in [-0.1, -0.05) is 18.5 Å². The van der Waals surface area contributed by atoms with Gasteiger partial charge in [0.1, 0.15) is 11.0 Å². The molecule has 1 aliphatic carbocycles. The molecule has 1 aliphatic rings. The number of nitrogens with zero attached hydrogens (tertiary/aromatic N) is 3. The normalized spacial score (nSPS) is 20.8. The second kappa shape index (κ2) is 5.43. The highest BCUT2D eigenvalue weighted by Gasteiger charge is 2.42. The minimum absolute atomic E-state index is 0.0798. The van der Waals surface area contributed by atoms with Crippen LogP contribution >= 0.6 is 11.6 Å². The van der Waals surface area contributed by atoms with Gasteiger partial charge in [-0.15, -0.1) is 0 Å². The maximum atomic E-state index is 13.1. The van der Waals surface area contributed by atoms with Crippen LogP contribution in [0, 0.1) is 6.92 Å². The van der Waals surface area contributed by atoms with Crippen LogP contribution in [0.2, 0.25) is 5.15 Å². The van der Waals surface area contributed by atoms with Crippen molar-refractivity contribution in [3.63, 3.8) is 0 Å². The zero-order valence-electron chi connectivity index (χ0n) is 13.0. The molecular weight excluding hydrogens is 298 g/mol. The Hall–Kier alpha value is -1.81. The Balaban J connectivity index is 2.11. The number of rotatable bonds is 2. The van der Waals surface area contributed by atoms with Crippen molar-refractivity contribution in [1.29, 1.82) is 0 Å². The van der Waals surface area contributed by atoms with Crippen LogP contribution in [-0.2, 0) is 18.3 Å². The molecule has 1 unspecified atom stereocenters. The lowest BCUT2D eigenvalue weighted by atomic mass is 9.70. The smallest absolute Gasteiger partial charge is 0.176 e. The van der Waals surface area contributed by atoms with E-state index in [1.807, 2.05) is 26.8 Å². The molecular formula is C17H18ClN3O. The molecule has 0 saturated carbocycles. The Morgan fingerprint density at radius 1 is 1.36 bits per heavy atom. The van der Waals surface area contributed by atoms with Crippen molar-refractivity contribution in [2.75, 3.05) is 0 Å². The lowest BCUT2D eigenvalue weighted by molar-refractivity contribution is 0.0869. The number of hydrogen-bond donors (Lipinski definition) is 0. The first-order chi connectivity index (χ1) is 10.5. The third-order valence-corrected chi connectivity index (χ3v) is 4.63. The summed E-state index contributed by atoms with van der Waals surface area (Å²) < 4.78 is 0. The number of halogens is 1. The predicted molar refractivity (Wildman–Crippen MR) is 85.4 cm³/mol. The molecule has 0 bridgehead atoms. The van der Waals surface area contributed by atoms with Crippen LogP contribution < -0.4 is 0 Å². The fourth-order valence-corrected chi connectivity index (χ4v) is 3.33. The van der Waals surface area contributed by atoms with E-state index in [9.17, 15) is 4.79 Å². The van der Waals surface area contributed by atoms with Gasteiger partial charge in [-0.05, 0) is 44.4 Å². The van der Waals surface area contributed by atoms with Gasteiger partial charge in [0.2, 0.25) is 0 Å². The van der Waals surface area contributed by atoms with E-state index in [0.29, 0.717) is 17.1 Å². The highest BCUT2D eigenvalue weighted by Crippen LogP contribution is 2.38. The van der Waals surface area contributed by atoms with E-state index in [1.54, 1.807) is 12.3 Å². The number of pyridine rings is 1. The molecule has 1 atom stereocenters. The summed E-state index contributed by atoms with van der Waals surface area (Å²) in [5, 5.41) is 0.447. The number of Topliss-reactive ketones (excluding diaryl/α,β-unsaturated/α-hetero) is 1. The average Bonchev–Trinajstić information content (AvgIpc) is 2.50. The lowest BCUT2D eigenvalue weighted by Gasteiger charge is -2.33. The van der Waals surface area contributed by atoms with Gasteiger partial charge in [0.05, 0.1) is 16.8 Å². The molecule has 22 heavy (non-hydrogen) atoms. The van der Waals surface area contributed by atoms with E-state index < -0.39 is 5.41 Å². The molecule has 114 valence electrons. The molecule has 0 radical (unpaired) electrons. The summed E-state index contributed by atoms with van der Waals surface area (Å²) in [5.74, 6) is 0.847. The number of aryl methyl sites for hydroxylation is 3. The zero-order valence-corrected chi connectivity index (χ0v) is 13.7. The molecule has 4 nitrogen and oxygen atoms in total. The average molecular weight is 316 g/mol. The molecule has 0 aromatic carbocycles. The van der Waals surface area contributed by atoms with E-state index in [4.69, 9.17) is 11.6 Å². The van der Waals surface area contributed by atoms with Gasteiger partial charge < -0.3 is 0 Å². The third-order valence-electron chi connectivity index (χ3n) is 4.44. The van der Waals surface area contributed by atoms with Crippen LogP contribution in [0.5, 0.6) is 0 Å². The van der Waals surface area contributed by atoms with Crippen molar-refractivity contribution in [2.24, 2.45) is 0 Å². The quantitative estimate of drug-likeness (QED) is 0.796. The van der Waals surface area contributed by atoms with Crippen molar-refractivity contribution >= 4 is 17.4 Å². The largest absolute Gasteiger partial charge is 0.293 e. The zero-order chi connectivity index (χ0) is 15.9. The standard InChI is InChI=1S/C17H18ClN3O/c1-4-14-19-8-6-12(21-14)17(3)7-5-11-15(16(17)22)10(2)9-13(18)20-11/h6,8-9H,4-5,7H2,1-3H3. The van der Waals surface area contributed by atoms with Gasteiger partial charge >= 0.3 is 0 Å². The molecule has 0 spiro atoms. The van der Waals surface area contributed by atoms with Crippen LogP contribution in [0.4, 0.5) is 0 Å². The second-order valence-corrected chi connectivity index (χ2v) is 6.34. The molecule has 2 heterocycles. The summed E-state index contributed by atoms with van der Waals surface area (Å²) in [6, 6.07) is 3.60. The number of fused-ring (bicyclic) bond motifs is 1. The third kappa shape index (κ3) is 2.31. The van der Waals surface area contributed by atoms with Crippen LogP contribution in [-0.4, -0.2) is 20.7 Å². The van der Waals surface area contributed by atoms with Crippen molar-refractivity contribution in [3.8, 4) is 0 Å². The molecule has 0 N–H and O–H groups in total. The van der Waals surface area contributed by atoms with Crippen molar-refractivity contribution < 1.29 is 4.79 Å². The number of hydrogen-bond acceptors (Lipinski definition) is 4. The van der Waals surface area contributed by atoms with E-state index in [-0.39, 0.29) is 5.78 Å². The molecule has 0 saturated heterocycles. The lowest BCUT2D eigenvalue weighted by Crippen LogP contribution is -2.39. The first-order valence-electron chi connectivity index (χ1n) is 7.49. The van der Waals surface area contributed by atoms with Crippen molar-refractivity contribution in [2.45, 2.75) is 45.4 Å². The second-order valence-electron chi connectivity index (χ2n) is 5.96. The first kappa shape index (κ1) is 15.1. The highest BCUT2D eigenvalue weighted by molar-refractivity contribution is 6.29. The number of carbonyl (C=O) groups is 1. The minimum Gasteiger partial charge on any atom is -0.293 e. The summed E-state index contributed by atoms with van der Waals surface area (Å²) in [7, 11) is 0. The SMILES string of the molecule is CCc1nccc(C2(C)CCc3nc(Cl)cc(C)c3C2=O)n1. The molecule has 5 heteroatoms. The summed E-state index contributed by atoms with van der Waals surface area (Å²) in [6.07, 6.45) is 3.91. The van der Waals surface area contributed by atoms with E-state index >= 15 is 0 Å². The Morgan fingerprint density at radius 2 is 2.14 bits per heavy atom. The van der Waals surface area contributed by atoms with Gasteiger partial charge in [0.25, 0.3) is 0 Å². The molecule has 0 amide bonds. The Morgan fingerprint density at radius 3 is 2.86 bits per heavy atom. The Labute approximate surface area is 135 Å². The maximum absolute atomic E-state index is 13.1. The fourth-order valence-electron chi connectivity index (χ4n) is 3.07. The Kier molecular flexibility index (Phi) is 3.73. The summed E-state index contributed by atoms with van der Waals surface area (Å²) in [4.78, 5) is 26.3. The predicted octanol–water partition coefficient (Wildman–Crippen LogP) is 3.48. The monoisotopic (exact) mass is 315 g/mol. The van der Waals surface area contributed by atoms with Crippen LogP contribution in [0.25, 0.3) is 0 Å². The number of ketones is 1. The molecule has 0 aliphatic heterocycles. The van der Waals surface area contributed by atoms with Crippen LogP contribution in [0.3, 0.4) is 0 Å². The molecule has 3 rings (SSSR count). The highest BCUT2D eigenvalue weighted by atomic mass is 35.5. The van der Waals surface area contributed by atoms with Gasteiger partial charge in [0.15, 0.2) is 5.78 Å². The summed E-state index contributed by atoms with van der Waals surface area (Å²) in [6.45, 7) is 5.89. The van der Waals surface area contributed by atoms with Crippen LogP contribution in [0.15, 0.2) is 18.3 Å². The van der Waals surface area contributed by atoms with Gasteiger partial charge in [0, 0.05) is 18.2 Å². The van der Waals surface area contributed by atoms with Crippen molar-refractivity contribution in [3.05, 3.63) is 51.8 Å². The van der Waals surface area contributed by atoms with E-state index in [2.05, 4.69) is 15.0 Å². The molecule has 2 aromatic rings. The van der Waals surface area contributed by atoms with Crippen LogP contribution in [0.1, 0.15) is 53.4 Å². The molecule has 2 aromatic heterocycles. The first-order valence-corrected chi connectivity index (χ1v) is 7.86. The summed E-state index contributed by atoms with van der Waals surface area (Å²) >= 11 is 6.01. The van der Waals surface area contributed by atoms with Crippen molar-refractivity contribution in [1.82, 2.24) is 15.0 Å². The number of aromatic nitrogens is 3. The van der Waals surface area contributed by atoms with E-state index in [1.165, 1.54) is 0 Å². The van der Waals surface area contributed by atoms with Gasteiger partial charge in [-0.3, -0.25) is 4.79 Å². The maximum Gasteiger partial charge on any atom is 0.176 e. The minimum atomic E-state index is -0.625. The fraction of sp³-hybridized carbons (Fsp3) is 0.412. The summed E-state index contributed by atoms with van der Waals surface area (Å²) in [5.41, 5.74) is 2.56. The topological polar surface area (TPSA) is 55.7 Å². The molecule has 0 fully saturated rings. The van der Waals surface area contributed by atoms with Gasteiger partial charge in [-0.25, -0.2) is 15.0 Å². The number of carbonyl (C=O) groups excluding carboxylic acids is 1. The Bertz CT molecular complexity index is 760. The van der Waals surface area contributed by atoms with Gasteiger partial charge in [-0.2, -0.15) is 0 Å². The van der Waals surface area contributed by atoms with E-state index in [0.717, 1.165) is 35.6 Å².